The Morgan fingerprint density at radius 1 is 1.26 bits per heavy atom. The summed E-state index contributed by atoms with van der Waals surface area (Å²) in [5.41, 5.74) is -0.216. The lowest BCUT2D eigenvalue weighted by Gasteiger charge is -2.33. The molecule has 0 radical (unpaired) electrons. The van der Waals surface area contributed by atoms with Gasteiger partial charge in [-0.1, -0.05) is 5.16 Å². The number of ether oxygens (including phenoxy) is 1. The molecule has 1 aliphatic rings. The van der Waals surface area contributed by atoms with E-state index in [1.54, 1.807) is 0 Å². The highest BCUT2D eigenvalue weighted by Gasteiger charge is 2.32. The molecule has 0 aliphatic carbocycles. The van der Waals surface area contributed by atoms with E-state index in [2.05, 4.69) is 14.7 Å². The number of morpholine rings is 1. The largest absolute Gasteiger partial charge is 0.377 e. The lowest BCUT2D eigenvalue weighted by Crippen LogP contribution is -2.44. The summed E-state index contributed by atoms with van der Waals surface area (Å²) >= 11 is 0. The zero-order valence-electron chi connectivity index (χ0n) is 11.8. The maximum Gasteiger partial charge on any atom is 0.227 e. The minimum Gasteiger partial charge on any atom is -0.377 e. The Morgan fingerprint density at radius 3 is 2.78 bits per heavy atom. The van der Waals surface area contributed by atoms with Gasteiger partial charge in [-0.15, -0.1) is 0 Å². The molecular formula is C14H12F3N3O3. The van der Waals surface area contributed by atoms with E-state index >= 15 is 0 Å². The average Bonchev–Trinajstić information content (AvgIpc) is 3.07. The minimum atomic E-state index is -1.30. The van der Waals surface area contributed by atoms with Crippen molar-refractivity contribution in [1.82, 2.24) is 15.0 Å². The molecule has 1 amide bonds. The SMILES string of the molecule is O=C(Cc1cc(F)c(F)cc1F)N1CCOC[C@H]1c1ncon1. The number of aromatic nitrogens is 2. The van der Waals surface area contributed by atoms with Gasteiger partial charge in [-0.25, -0.2) is 13.2 Å². The standard InChI is InChI=1S/C14H12F3N3O3/c15-9-5-11(17)10(16)3-8(9)4-13(21)20-1-2-22-6-12(20)14-18-7-23-19-14/h3,5,7,12H,1-2,4,6H2/t12-/m0/s1. The van der Waals surface area contributed by atoms with Crippen molar-refractivity contribution in [2.45, 2.75) is 12.5 Å². The first-order valence-corrected chi connectivity index (χ1v) is 6.83. The Balaban J connectivity index is 1.80. The van der Waals surface area contributed by atoms with Crippen LogP contribution in [-0.2, 0) is 16.0 Å². The van der Waals surface area contributed by atoms with Gasteiger partial charge in [0.1, 0.15) is 11.9 Å². The Kier molecular flexibility index (Phi) is 4.28. The molecule has 1 aliphatic heterocycles. The van der Waals surface area contributed by atoms with Crippen LogP contribution in [0.3, 0.4) is 0 Å². The van der Waals surface area contributed by atoms with Gasteiger partial charge in [0.05, 0.1) is 19.6 Å². The van der Waals surface area contributed by atoms with Crippen molar-refractivity contribution < 1.29 is 27.2 Å². The number of carbonyl (C=O) groups excluding carboxylic acids is 1. The van der Waals surface area contributed by atoms with Gasteiger partial charge < -0.3 is 14.2 Å². The average molecular weight is 327 g/mol. The van der Waals surface area contributed by atoms with Gasteiger partial charge in [0.15, 0.2) is 17.5 Å². The number of benzene rings is 1. The number of hydrogen-bond donors (Lipinski definition) is 0. The van der Waals surface area contributed by atoms with Crippen LogP contribution in [0.1, 0.15) is 17.4 Å². The fraction of sp³-hybridized carbons (Fsp3) is 0.357. The molecule has 0 saturated carbocycles. The van der Waals surface area contributed by atoms with E-state index in [1.165, 1.54) is 4.90 Å². The van der Waals surface area contributed by atoms with Crippen LogP contribution in [-0.4, -0.2) is 40.7 Å². The van der Waals surface area contributed by atoms with Crippen molar-refractivity contribution >= 4 is 5.91 Å². The molecule has 0 unspecified atom stereocenters. The number of halogens is 3. The highest BCUT2D eigenvalue weighted by atomic mass is 19.2. The number of nitrogens with zero attached hydrogens (tertiary/aromatic N) is 3. The van der Waals surface area contributed by atoms with Crippen molar-refractivity contribution in [3.63, 3.8) is 0 Å². The summed E-state index contributed by atoms with van der Waals surface area (Å²) in [6, 6.07) is 0.545. The summed E-state index contributed by atoms with van der Waals surface area (Å²) in [5.74, 6) is -3.67. The summed E-state index contributed by atoms with van der Waals surface area (Å²) < 4.78 is 49.8. The smallest absolute Gasteiger partial charge is 0.227 e. The first-order valence-electron chi connectivity index (χ1n) is 6.83. The summed E-state index contributed by atoms with van der Waals surface area (Å²) in [5, 5.41) is 3.68. The van der Waals surface area contributed by atoms with Crippen LogP contribution < -0.4 is 0 Å². The predicted octanol–water partition coefficient (Wildman–Crippen LogP) is 1.63. The highest BCUT2D eigenvalue weighted by Crippen LogP contribution is 2.23. The van der Waals surface area contributed by atoms with Crippen LogP contribution in [0.2, 0.25) is 0 Å². The van der Waals surface area contributed by atoms with Gasteiger partial charge >= 0.3 is 0 Å². The third-order valence-corrected chi connectivity index (χ3v) is 3.56. The van der Waals surface area contributed by atoms with Crippen molar-refractivity contribution in [1.29, 1.82) is 0 Å². The quantitative estimate of drug-likeness (QED) is 0.802. The van der Waals surface area contributed by atoms with Gasteiger partial charge in [-0.05, 0) is 6.07 Å². The monoisotopic (exact) mass is 327 g/mol. The fourth-order valence-corrected chi connectivity index (χ4v) is 2.41. The van der Waals surface area contributed by atoms with Crippen LogP contribution in [0, 0.1) is 17.5 Å². The molecule has 1 atom stereocenters. The molecule has 1 aromatic carbocycles. The van der Waals surface area contributed by atoms with Crippen molar-refractivity contribution in [2.24, 2.45) is 0 Å². The van der Waals surface area contributed by atoms with Crippen LogP contribution in [0.25, 0.3) is 0 Å². The molecule has 2 aromatic rings. The number of amides is 1. The molecule has 3 rings (SSSR count). The molecule has 0 N–H and O–H groups in total. The molecule has 122 valence electrons. The second-order valence-corrected chi connectivity index (χ2v) is 5.00. The summed E-state index contributed by atoms with van der Waals surface area (Å²) in [7, 11) is 0. The number of hydrogen-bond acceptors (Lipinski definition) is 5. The zero-order valence-corrected chi connectivity index (χ0v) is 11.8. The third kappa shape index (κ3) is 3.19. The van der Waals surface area contributed by atoms with E-state index in [-0.39, 0.29) is 24.5 Å². The fourth-order valence-electron chi connectivity index (χ4n) is 2.41. The Labute approximate surface area is 128 Å². The molecule has 0 spiro atoms. The Bertz CT molecular complexity index is 709. The summed E-state index contributed by atoms with van der Waals surface area (Å²) in [6.45, 7) is 0.731. The van der Waals surface area contributed by atoms with E-state index in [4.69, 9.17) is 4.74 Å². The Hall–Kier alpha value is -2.42. The molecule has 1 fully saturated rings. The highest BCUT2D eigenvalue weighted by molar-refractivity contribution is 5.79. The van der Waals surface area contributed by atoms with Crippen LogP contribution in [0.4, 0.5) is 13.2 Å². The Morgan fingerprint density at radius 2 is 2.04 bits per heavy atom. The lowest BCUT2D eigenvalue weighted by molar-refractivity contribution is -0.139. The second-order valence-electron chi connectivity index (χ2n) is 5.00. The van der Waals surface area contributed by atoms with E-state index < -0.39 is 35.8 Å². The van der Waals surface area contributed by atoms with Gasteiger partial charge in [0.25, 0.3) is 0 Å². The van der Waals surface area contributed by atoms with Crippen LogP contribution in [0.5, 0.6) is 0 Å². The lowest BCUT2D eigenvalue weighted by atomic mass is 10.1. The normalized spacial score (nSPS) is 18.2. The predicted molar refractivity (Wildman–Crippen MR) is 69.6 cm³/mol. The van der Waals surface area contributed by atoms with E-state index in [1.807, 2.05) is 0 Å². The molecular weight excluding hydrogens is 315 g/mol. The van der Waals surface area contributed by atoms with Crippen molar-refractivity contribution in [3.8, 4) is 0 Å². The van der Waals surface area contributed by atoms with Crippen LogP contribution >= 0.6 is 0 Å². The molecule has 9 heteroatoms. The third-order valence-electron chi connectivity index (χ3n) is 3.56. The zero-order chi connectivity index (χ0) is 16.4. The van der Waals surface area contributed by atoms with E-state index in [0.29, 0.717) is 18.7 Å². The van der Waals surface area contributed by atoms with Crippen molar-refractivity contribution in [3.05, 3.63) is 47.4 Å². The topological polar surface area (TPSA) is 68.5 Å². The second kappa shape index (κ2) is 6.37. The maximum absolute atomic E-state index is 13.7. The molecule has 23 heavy (non-hydrogen) atoms. The number of carbonyl (C=O) groups is 1. The molecule has 6 nitrogen and oxygen atoms in total. The van der Waals surface area contributed by atoms with Gasteiger partial charge in [0.2, 0.25) is 12.3 Å². The molecule has 1 aromatic heterocycles. The minimum absolute atomic E-state index is 0.172. The summed E-state index contributed by atoms with van der Waals surface area (Å²) in [4.78, 5) is 17.7. The van der Waals surface area contributed by atoms with E-state index in [9.17, 15) is 18.0 Å². The first kappa shape index (κ1) is 15.5. The van der Waals surface area contributed by atoms with Gasteiger partial charge in [0, 0.05) is 18.2 Å². The molecule has 1 saturated heterocycles. The number of rotatable bonds is 3. The van der Waals surface area contributed by atoms with Crippen LogP contribution in [0.15, 0.2) is 23.0 Å². The first-order chi connectivity index (χ1) is 11.1. The van der Waals surface area contributed by atoms with Crippen molar-refractivity contribution in [2.75, 3.05) is 19.8 Å². The van der Waals surface area contributed by atoms with Gasteiger partial charge in [-0.2, -0.15) is 4.98 Å². The summed E-state index contributed by atoms with van der Waals surface area (Å²) in [6.07, 6.45) is 0.721. The maximum atomic E-state index is 13.7. The van der Waals surface area contributed by atoms with E-state index in [0.717, 1.165) is 6.39 Å². The molecule has 2 heterocycles. The van der Waals surface area contributed by atoms with Gasteiger partial charge in [-0.3, -0.25) is 4.79 Å². The molecule has 0 bridgehead atoms.